The van der Waals surface area contributed by atoms with Crippen molar-refractivity contribution in [1.82, 2.24) is 10.4 Å². The van der Waals surface area contributed by atoms with Crippen LogP contribution in [0.5, 0.6) is 0 Å². The van der Waals surface area contributed by atoms with E-state index >= 15 is 0 Å². The summed E-state index contributed by atoms with van der Waals surface area (Å²) in [5.74, 6) is 0. The van der Waals surface area contributed by atoms with Crippen molar-refractivity contribution in [3.63, 3.8) is 0 Å². The third-order valence-electron chi connectivity index (χ3n) is 3.87. The summed E-state index contributed by atoms with van der Waals surface area (Å²) in [6.45, 7) is 1.58. The summed E-state index contributed by atoms with van der Waals surface area (Å²) in [5, 5.41) is 10.5. The molecule has 0 aliphatic carbocycles. The van der Waals surface area contributed by atoms with Gasteiger partial charge in [0, 0.05) is 0 Å². The SMILES string of the molecule is CC[C@@H](CO)N(NC(=O)OCc1ccccc1)C(=O)OCc1ccccc1. The van der Waals surface area contributed by atoms with E-state index in [-0.39, 0.29) is 19.8 Å². The van der Waals surface area contributed by atoms with Crippen LogP contribution in [0.4, 0.5) is 9.59 Å². The highest BCUT2D eigenvalue weighted by Crippen LogP contribution is 2.08. The highest BCUT2D eigenvalue weighted by atomic mass is 16.6. The van der Waals surface area contributed by atoms with Crippen LogP contribution in [-0.2, 0) is 22.7 Å². The first-order valence-corrected chi connectivity index (χ1v) is 8.72. The van der Waals surface area contributed by atoms with Crippen LogP contribution in [0.25, 0.3) is 0 Å². The van der Waals surface area contributed by atoms with E-state index in [0.717, 1.165) is 16.1 Å². The zero-order valence-corrected chi connectivity index (χ0v) is 15.2. The van der Waals surface area contributed by atoms with Gasteiger partial charge in [-0.25, -0.2) is 20.0 Å². The molecule has 0 saturated heterocycles. The van der Waals surface area contributed by atoms with Gasteiger partial charge in [-0.15, -0.1) is 0 Å². The third-order valence-corrected chi connectivity index (χ3v) is 3.87. The van der Waals surface area contributed by atoms with Gasteiger partial charge in [0.1, 0.15) is 13.2 Å². The minimum absolute atomic E-state index is 0.0543. The van der Waals surface area contributed by atoms with Crippen molar-refractivity contribution in [2.75, 3.05) is 6.61 Å². The van der Waals surface area contributed by atoms with E-state index in [1.54, 1.807) is 6.92 Å². The van der Waals surface area contributed by atoms with Gasteiger partial charge < -0.3 is 14.6 Å². The molecule has 0 bridgehead atoms. The Kier molecular flexibility index (Phi) is 8.12. The van der Waals surface area contributed by atoms with Crippen molar-refractivity contribution >= 4 is 12.2 Å². The summed E-state index contributed by atoms with van der Waals surface area (Å²) in [4.78, 5) is 24.5. The van der Waals surface area contributed by atoms with Gasteiger partial charge in [0.25, 0.3) is 0 Å². The molecule has 2 rings (SSSR count). The fourth-order valence-electron chi connectivity index (χ4n) is 2.32. The Balaban J connectivity index is 1.93. The molecule has 0 aromatic heterocycles. The molecule has 2 amide bonds. The average molecular weight is 372 g/mol. The van der Waals surface area contributed by atoms with Gasteiger partial charge >= 0.3 is 12.2 Å². The monoisotopic (exact) mass is 372 g/mol. The van der Waals surface area contributed by atoms with Crippen molar-refractivity contribution in [3.8, 4) is 0 Å². The molecule has 0 radical (unpaired) electrons. The molecule has 0 fully saturated rings. The molecule has 0 unspecified atom stereocenters. The minimum Gasteiger partial charge on any atom is -0.443 e. The number of nitrogens with zero attached hydrogens (tertiary/aromatic N) is 1. The Morgan fingerprint density at radius 3 is 1.96 bits per heavy atom. The van der Waals surface area contributed by atoms with E-state index in [4.69, 9.17) is 9.47 Å². The number of ether oxygens (including phenoxy) is 2. The topological polar surface area (TPSA) is 88.1 Å². The largest absolute Gasteiger partial charge is 0.443 e. The number of benzene rings is 2. The van der Waals surface area contributed by atoms with Crippen LogP contribution < -0.4 is 5.43 Å². The molecule has 7 heteroatoms. The maximum absolute atomic E-state index is 12.4. The maximum atomic E-state index is 12.4. The number of hydrogen-bond donors (Lipinski definition) is 2. The zero-order chi connectivity index (χ0) is 19.5. The van der Waals surface area contributed by atoms with Gasteiger partial charge in [0.05, 0.1) is 12.6 Å². The molecule has 2 aromatic rings. The Morgan fingerprint density at radius 1 is 0.963 bits per heavy atom. The Labute approximate surface area is 158 Å². The van der Waals surface area contributed by atoms with E-state index in [0.29, 0.717) is 6.42 Å². The lowest BCUT2D eigenvalue weighted by Gasteiger charge is -2.28. The fraction of sp³-hybridized carbons (Fsp3) is 0.300. The lowest BCUT2D eigenvalue weighted by molar-refractivity contribution is 0.0312. The van der Waals surface area contributed by atoms with Gasteiger partial charge in [-0.3, -0.25) is 0 Å². The number of carbonyl (C=O) groups excluding carboxylic acids is 2. The first kappa shape index (κ1) is 20.3. The summed E-state index contributed by atoms with van der Waals surface area (Å²) >= 11 is 0. The van der Waals surface area contributed by atoms with Gasteiger partial charge in [-0.2, -0.15) is 0 Å². The number of aliphatic hydroxyl groups excluding tert-OH is 1. The zero-order valence-electron chi connectivity index (χ0n) is 15.2. The molecule has 27 heavy (non-hydrogen) atoms. The van der Waals surface area contributed by atoms with E-state index in [9.17, 15) is 14.7 Å². The molecule has 0 heterocycles. The standard InChI is InChI=1S/C20H24N2O5/c1-2-18(13-23)22(20(25)27-15-17-11-7-4-8-12-17)21-19(24)26-14-16-9-5-3-6-10-16/h3-12,18,23H,2,13-15H2,1H3,(H,21,24)/t18-/m0/s1. The number of hydrogen-bond acceptors (Lipinski definition) is 5. The van der Waals surface area contributed by atoms with Crippen LogP contribution in [-0.4, -0.2) is 35.0 Å². The maximum Gasteiger partial charge on any atom is 0.429 e. The van der Waals surface area contributed by atoms with Gasteiger partial charge in [0.2, 0.25) is 0 Å². The lowest BCUT2D eigenvalue weighted by atomic mass is 10.2. The summed E-state index contributed by atoms with van der Waals surface area (Å²) < 4.78 is 10.4. The molecule has 144 valence electrons. The van der Waals surface area contributed by atoms with Crippen molar-refractivity contribution in [2.24, 2.45) is 0 Å². The van der Waals surface area contributed by atoms with Crippen molar-refractivity contribution < 1.29 is 24.2 Å². The van der Waals surface area contributed by atoms with Crippen LogP contribution in [0.1, 0.15) is 24.5 Å². The van der Waals surface area contributed by atoms with Crippen LogP contribution in [0.3, 0.4) is 0 Å². The molecule has 0 spiro atoms. The number of hydrazine groups is 1. The highest BCUT2D eigenvalue weighted by molar-refractivity contribution is 5.74. The van der Waals surface area contributed by atoms with Gasteiger partial charge in [-0.05, 0) is 17.5 Å². The first-order valence-electron chi connectivity index (χ1n) is 8.72. The predicted molar refractivity (Wildman–Crippen MR) is 99.4 cm³/mol. The van der Waals surface area contributed by atoms with Crippen molar-refractivity contribution in [1.29, 1.82) is 0 Å². The number of carbonyl (C=O) groups is 2. The number of nitrogens with one attached hydrogen (secondary N) is 1. The summed E-state index contributed by atoms with van der Waals surface area (Å²) in [6, 6.07) is 17.7. The van der Waals surface area contributed by atoms with E-state index in [1.807, 2.05) is 60.7 Å². The number of aliphatic hydroxyl groups is 1. The quantitative estimate of drug-likeness (QED) is 0.729. The molecule has 2 aromatic carbocycles. The summed E-state index contributed by atoms with van der Waals surface area (Å²) in [5.41, 5.74) is 4.00. The molecule has 0 aliphatic rings. The normalized spacial score (nSPS) is 11.3. The second-order valence-corrected chi connectivity index (χ2v) is 5.83. The minimum atomic E-state index is -0.803. The Morgan fingerprint density at radius 2 is 1.48 bits per heavy atom. The number of rotatable bonds is 7. The molecule has 1 atom stereocenters. The third kappa shape index (κ3) is 6.63. The first-order chi connectivity index (χ1) is 13.1. The fourth-order valence-corrected chi connectivity index (χ4v) is 2.32. The van der Waals surface area contributed by atoms with Gasteiger partial charge in [0.15, 0.2) is 0 Å². The van der Waals surface area contributed by atoms with Crippen LogP contribution in [0.2, 0.25) is 0 Å². The van der Waals surface area contributed by atoms with Crippen LogP contribution >= 0.6 is 0 Å². The number of amides is 2. The van der Waals surface area contributed by atoms with E-state index < -0.39 is 18.2 Å². The highest BCUT2D eigenvalue weighted by Gasteiger charge is 2.26. The molecule has 0 saturated carbocycles. The average Bonchev–Trinajstić information content (AvgIpc) is 2.72. The van der Waals surface area contributed by atoms with Crippen LogP contribution in [0, 0.1) is 0 Å². The van der Waals surface area contributed by atoms with Crippen molar-refractivity contribution in [3.05, 3.63) is 71.8 Å². The molecular formula is C20H24N2O5. The second kappa shape index (κ2) is 10.8. The predicted octanol–water partition coefficient (Wildman–Crippen LogP) is 3.24. The summed E-state index contributed by atoms with van der Waals surface area (Å²) in [7, 11) is 0. The second-order valence-electron chi connectivity index (χ2n) is 5.83. The Bertz CT molecular complexity index is 705. The van der Waals surface area contributed by atoms with Gasteiger partial charge in [-0.1, -0.05) is 67.6 Å². The Hall–Kier alpha value is -3.06. The van der Waals surface area contributed by atoms with E-state index in [2.05, 4.69) is 5.43 Å². The lowest BCUT2D eigenvalue weighted by Crippen LogP contribution is -2.53. The molecule has 2 N–H and O–H groups in total. The van der Waals surface area contributed by atoms with E-state index in [1.165, 1.54) is 0 Å². The molecule has 7 nitrogen and oxygen atoms in total. The molecule has 0 aliphatic heterocycles. The van der Waals surface area contributed by atoms with Crippen LogP contribution in [0.15, 0.2) is 60.7 Å². The summed E-state index contributed by atoms with van der Waals surface area (Å²) in [6.07, 6.45) is -1.14. The van der Waals surface area contributed by atoms with Crippen molar-refractivity contribution in [2.45, 2.75) is 32.6 Å². The smallest absolute Gasteiger partial charge is 0.429 e. The molecular weight excluding hydrogens is 348 g/mol.